The van der Waals surface area contributed by atoms with Crippen LogP contribution in [0.25, 0.3) is 0 Å². The lowest BCUT2D eigenvalue weighted by molar-refractivity contribution is 0.0261. The molecular formula is C14H27N3O. The maximum atomic E-state index is 5.67. The number of likely N-dealkylation sites (N-methyl/N-ethyl adjacent to an activating group) is 1. The number of nitrogens with one attached hydrogen (secondary N) is 1. The fraction of sp³-hybridized carbons (Fsp3) is 0.857. The maximum absolute atomic E-state index is 5.67. The zero-order valence-electron chi connectivity index (χ0n) is 11.8. The summed E-state index contributed by atoms with van der Waals surface area (Å²) in [7, 11) is 2.19. The molecule has 0 spiro atoms. The molecule has 2 fully saturated rings. The first-order valence-electron chi connectivity index (χ1n) is 7.19. The van der Waals surface area contributed by atoms with E-state index in [1.54, 1.807) is 0 Å². The molecule has 1 N–H and O–H groups in total. The highest BCUT2D eigenvalue weighted by atomic mass is 16.5. The van der Waals surface area contributed by atoms with Gasteiger partial charge in [-0.3, -0.25) is 4.90 Å². The van der Waals surface area contributed by atoms with Gasteiger partial charge in [-0.15, -0.1) is 0 Å². The summed E-state index contributed by atoms with van der Waals surface area (Å²) >= 11 is 0. The van der Waals surface area contributed by atoms with Crippen molar-refractivity contribution in [3.63, 3.8) is 0 Å². The molecule has 104 valence electrons. The minimum atomic E-state index is 0.367. The number of nitrogens with zero attached hydrogens (tertiary/aromatic N) is 2. The van der Waals surface area contributed by atoms with Gasteiger partial charge in [-0.05, 0) is 39.9 Å². The Labute approximate surface area is 111 Å². The standard InChI is InChI=1S/C14H27N3O/c1-4-18-12(2)14-11-16(3)9-10-17(14)13-5-7-15-8-6-13/h13-15H,2,4-11H2,1,3H3/t14-/m0/s1. The molecule has 2 aliphatic rings. The number of piperidine rings is 1. The minimum Gasteiger partial charge on any atom is -0.497 e. The second-order valence-electron chi connectivity index (χ2n) is 5.40. The lowest BCUT2D eigenvalue weighted by Crippen LogP contribution is -2.58. The van der Waals surface area contributed by atoms with Gasteiger partial charge in [-0.2, -0.15) is 0 Å². The van der Waals surface area contributed by atoms with E-state index in [4.69, 9.17) is 4.74 Å². The van der Waals surface area contributed by atoms with E-state index < -0.39 is 0 Å². The van der Waals surface area contributed by atoms with Gasteiger partial charge >= 0.3 is 0 Å². The SMILES string of the molecule is C=C(OCC)[C@@H]1CN(C)CCN1C1CCNCC1. The van der Waals surface area contributed by atoms with Crippen molar-refractivity contribution in [2.75, 3.05) is 46.4 Å². The smallest absolute Gasteiger partial charge is 0.107 e. The van der Waals surface area contributed by atoms with Crippen molar-refractivity contribution >= 4 is 0 Å². The molecular weight excluding hydrogens is 226 g/mol. The Morgan fingerprint density at radius 3 is 2.72 bits per heavy atom. The average Bonchev–Trinajstić information content (AvgIpc) is 2.40. The third-order valence-electron chi connectivity index (χ3n) is 4.10. The molecule has 2 heterocycles. The molecule has 0 aromatic carbocycles. The van der Waals surface area contributed by atoms with E-state index in [2.05, 4.69) is 28.7 Å². The van der Waals surface area contributed by atoms with Crippen LogP contribution in [0.1, 0.15) is 19.8 Å². The summed E-state index contributed by atoms with van der Waals surface area (Å²) in [6.45, 7) is 12.5. The molecule has 0 radical (unpaired) electrons. The van der Waals surface area contributed by atoms with Gasteiger partial charge in [0.1, 0.15) is 5.76 Å². The van der Waals surface area contributed by atoms with Crippen LogP contribution in [0.15, 0.2) is 12.3 Å². The number of hydrogen-bond donors (Lipinski definition) is 1. The second kappa shape index (κ2) is 6.55. The predicted molar refractivity (Wildman–Crippen MR) is 74.6 cm³/mol. The Morgan fingerprint density at radius 1 is 1.33 bits per heavy atom. The Bertz CT molecular complexity index is 276. The number of piperazine rings is 1. The van der Waals surface area contributed by atoms with E-state index in [1.807, 2.05) is 6.92 Å². The Balaban J connectivity index is 2.02. The number of rotatable bonds is 4. The third kappa shape index (κ3) is 3.25. The van der Waals surface area contributed by atoms with Gasteiger partial charge in [0.2, 0.25) is 0 Å². The van der Waals surface area contributed by atoms with E-state index in [0.29, 0.717) is 12.1 Å². The maximum Gasteiger partial charge on any atom is 0.107 e. The summed E-state index contributed by atoms with van der Waals surface area (Å²) in [4.78, 5) is 5.01. The first kappa shape index (κ1) is 13.8. The average molecular weight is 253 g/mol. The molecule has 4 nitrogen and oxygen atoms in total. The van der Waals surface area contributed by atoms with Crippen molar-refractivity contribution in [2.45, 2.75) is 31.8 Å². The summed E-state index contributed by atoms with van der Waals surface area (Å²) in [5.41, 5.74) is 0. The predicted octanol–water partition coefficient (Wildman–Crippen LogP) is 0.905. The van der Waals surface area contributed by atoms with Crippen LogP contribution >= 0.6 is 0 Å². The van der Waals surface area contributed by atoms with E-state index in [-0.39, 0.29) is 0 Å². The van der Waals surface area contributed by atoms with Crippen molar-refractivity contribution < 1.29 is 4.74 Å². The van der Waals surface area contributed by atoms with Crippen LogP contribution in [0.2, 0.25) is 0 Å². The molecule has 1 atom stereocenters. The van der Waals surface area contributed by atoms with E-state index >= 15 is 0 Å². The molecule has 0 aliphatic carbocycles. The van der Waals surface area contributed by atoms with Gasteiger partial charge in [-0.25, -0.2) is 0 Å². The van der Waals surface area contributed by atoms with Crippen LogP contribution in [0.5, 0.6) is 0 Å². The van der Waals surface area contributed by atoms with Crippen LogP contribution < -0.4 is 5.32 Å². The van der Waals surface area contributed by atoms with Crippen molar-refractivity contribution in [3.8, 4) is 0 Å². The van der Waals surface area contributed by atoms with E-state index in [9.17, 15) is 0 Å². The summed E-state index contributed by atoms with van der Waals surface area (Å²) < 4.78 is 5.67. The highest BCUT2D eigenvalue weighted by Crippen LogP contribution is 2.23. The van der Waals surface area contributed by atoms with Gasteiger partial charge in [0.25, 0.3) is 0 Å². The van der Waals surface area contributed by atoms with Crippen LogP contribution in [0.3, 0.4) is 0 Å². The quantitative estimate of drug-likeness (QED) is 0.754. The second-order valence-corrected chi connectivity index (χ2v) is 5.40. The molecule has 0 aromatic rings. The molecule has 2 rings (SSSR count). The normalized spacial score (nSPS) is 28.2. The van der Waals surface area contributed by atoms with Gasteiger partial charge < -0.3 is 15.0 Å². The number of hydrogen-bond acceptors (Lipinski definition) is 4. The molecule has 0 unspecified atom stereocenters. The van der Waals surface area contributed by atoms with Crippen LogP contribution in [0, 0.1) is 0 Å². The fourth-order valence-electron chi connectivity index (χ4n) is 3.08. The van der Waals surface area contributed by atoms with Gasteiger partial charge in [-0.1, -0.05) is 6.58 Å². The number of ether oxygens (including phenoxy) is 1. The summed E-state index contributed by atoms with van der Waals surface area (Å²) in [6, 6.07) is 1.06. The van der Waals surface area contributed by atoms with Gasteiger partial charge in [0.05, 0.1) is 12.6 Å². The molecule has 18 heavy (non-hydrogen) atoms. The van der Waals surface area contributed by atoms with Crippen LogP contribution in [-0.2, 0) is 4.74 Å². The van der Waals surface area contributed by atoms with Crippen molar-refractivity contribution in [1.29, 1.82) is 0 Å². The zero-order valence-corrected chi connectivity index (χ0v) is 11.8. The molecule has 0 aromatic heterocycles. The molecule has 2 aliphatic heterocycles. The van der Waals surface area contributed by atoms with Gasteiger partial charge in [0.15, 0.2) is 0 Å². The highest BCUT2D eigenvalue weighted by molar-refractivity contribution is 5.04. The van der Waals surface area contributed by atoms with Crippen molar-refractivity contribution in [1.82, 2.24) is 15.1 Å². The first-order chi connectivity index (χ1) is 8.72. The van der Waals surface area contributed by atoms with Crippen LogP contribution in [0.4, 0.5) is 0 Å². The molecule has 2 saturated heterocycles. The first-order valence-corrected chi connectivity index (χ1v) is 7.19. The molecule has 0 bridgehead atoms. The third-order valence-corrected chi connectivity index (χ3v) is 4.10. The highest BCUT2D eigenvalue weighted by Gasteiger charge is 2.33. The molecule has 0 amide bonds. The van der Waals surface area contributed by atoms with Crippen molar-refractivity contribution in [3.05, 3.63) is 12.3 Å². The Hall–Kier alpha value is -0.580. The van der Waals surface area contributed by atoms with Crippen molar-refractivity contribution in [2.24, 2.45) is 0 Å². The fourth-order valence-corrected chi connectivity index (χ4v) is 3.08. The van der Waals surface area contributed by atoms with Crippen LogP contribution in [-0.4, -0.2) is 68.3 Å². The summed E-state index contributed by atoms with van der Waals surface area (Å²) in [5, 5.41) is 3.44. The monoisotopic (exact) mass is 253 g/mol. The Morgan fingerprint density at radius 2 is 2.06 bits per heavy atom. The largest absolute Gasteiger partial charge is 0.497 e. The van der Waals surface area contributed by atoms with E-state index in [0.717, 1.165) is 45.1 Å². The molecule has 4 heteroatoms. The summed E-state index contributed by atoms with van der Waals surface area (Å²) in [5.74, 6) is 0.947. The minimum absolute atomic E-state index is 0.367. The molecule has 0 saturated carbocycles. The van der Waals surface area contributed by atoms with E-state index in [1.165, 1.54) is 12.8 Å². The summed E-state index contributed by atoms with van der Waals surface area (Å²) in [6.07, 6.45) is 2.50. The Kier molecular flexibility index (Phi) is 5.03. The zero-order chi connectivity index (χ0) is 13.0. The topological polar surface area (TPSA) is 27.7 Å². The lowest BCUT2D eigenvalue weighted by Gasteiger charge is -2.45. The van der Waals surface area contributed by atoms with Gasteiger partial charge in [0, 0.05) is 25.7 Å². The lowest BCUT2D eigenvalue weighted by atomic mass is 10.00.